The second-order valence-corrected chi connectivity index (χ2v) is 6.94. The first-order valence-corrected chi connectivity index (χ1v) is 9.10. The van der Waals surface area contributed by atoms with Crippen molar-refractivity contribution in [2.24, 2.45) is 5.92 Å². The highest BCUT2D eigenvalue weighted by Crippen LogP contribution is 2.31. The van der Waals surface area contributed by atoms with Gasteiger partial charge in [-0.15, -0.1) is 0 Å². The predicted octanol–water partition coefficient (Wildman–Crippen LogP) is 1.89. The van der Waals surface area contributed by atoms with Gasteiger partial charge in [-0.05, 0) is 43.0 Å². The number of carbonyl (C=O) groups excluding carboxylic acids is 2. The van der Waals surface area contributed by atoms with Crippen LogP contribution < -0.4 is 5.32 Å². The van der Waals surface area contributed by atoms with Gasteiger partial charge in [-0.2, -0.15) is 0 Å². The molecule has 1 heterocycles. The van der Waals surface area contributed by atoms with Crippen molar-refractivity contribution < 1.29 is 14.0 Å². The van der Waals surface area contributed by atoms with Gasteiger partial charge >= 0.3 is 0 Å². The predicted molar refractivity (Wildman–Crippen MR) is 93.7 cm³/mol. The van der Waals surface area contributed by atoms with Crippen molar-refractivity contribution in [3.05, 3.63) is 35.6 Å². The normalized spacial score (nSPS) is 20.5. The Morgan fingerprint density at radius 3 is 2.24 bits per heavy atom. The number of carbonyl (C=O) groups is 2. The summed E-state index contributed by atoms with van der Waals surface area (Å²) < 4.78 is 13.0. The molecule has 0 spiro atoms. The number of likely N-dealkylation sites (N-methyl/N-ethyl adjacent to an activating group) is 1. The molecule has 1 N–H and O–H groups in total. The Labute approximate surface area is 148 Å². The molecule has 1 aliphatic carbocycles. The molecule has 1 aliphatic heterocycles. The first kappa shape index (κ1) is 17.9. The Bertz CT molecular complexity index is 606. The van der Waals surface area contributed by atoms with Crippen LogP contribution in [0.15, 0.2) is 24.3 Å². The molecule has 1 unspecified atom stereocenters. The summed E-state index contributed by atoms with van der Waals surface area (Å²) in [5, 5.41) is 2.81. The van der Waals surface area contributed by atoms with Crippen LogP contribution in [0.2, 0.25) is 0 Å². The molecule has 6 heteroatoms. The Hall–Kier alpha value is -1.95. The molecule has 0 aromatic heterocycles. The van der Waals surface area contributed by atoms with Crippen LogP contribution >= 0.6 is 0 Å². The summed E-state index contributed by atoms with van der Waals surface area (Å²) in [4.78, 5) is 29.0. The van der Waals surface area contributed by atoms with Gasteiger partial charge in [0, 0.05) is 38.8 Å². The van der Waals surface area contributed by atoms with Gasteiger partial charge in [0.25, 0.3) is 5.91 Å². The number of hydrogen-bond acceptors (Lipinski definition) is 3. The Kier molecular flexibility index (Phi) is 5.68. The summed E-state index contributed by atoms with van der Waals surface area (Å²) >= 11 is 0. The smallest absolute Gasteiger partial charge is 0.253 e. The number of halogens is 1. The van der Waals surface area contributed by atoms with E-state index in [1.165, 1.54) is 37.1 Å². The van der Waals surface area contributed by atoms with Crippen molar-refractivity contribution in [1.82, 2.24) is 15.1 Å². The van der Waals surface area contributed by atoms with Gasteiger partial charge in [0.05, 0.1) is 6.04 Å². The van der Waals surface area contributed by atoms with Gasteiger partial charge in [0.2, 0.25) is 5.91 Å². The molecule has 1 aromatic rings. The van der Waals surface area contributed by atoms with E-state index < -0.39 is 0 Å². The van der Waals surface area contributed by atoms with Crippen LogP contribution in [0.3, 0.4) is 0 Å². The van der Waals surface area contributed by atoms with E-state index >= 15 is 0 Å². The van der Waals surface area contributed by atoms with Gasteiger partial charge in [-0.25, -0.2) is 4.39 Å². The fourth-order valence-corrected chi connectivity index (χ4v) is 4.08. The lowest BCUT2D eigenvalue weighted by atomic mass is 9.95. The molecule has 25 heavy (non-hydrogen) atoms. The third-order valence-corrected chi connectivity index (χ3v) is 5.45. The topological polar surface area (TPSA) is 52.7 Å². The zero-order valence-electron chi connectivity index (χ0n) is 14.7. The zero-order valence-corrected chi connectivity index (χ0v) is 14.7. The van der Waals surface area contributed by atoms with Gasteiger partial charge in [0.1, 0.15) is 5.82 Å². The molecule has 2 aliphatic rings. The summed E-state index contributed by atoms with van der Waals surface area (Å²) in [5.41, 5.74) is 0.508. The number of benzene rings is 1. The Morgan fingerprint density at radius 2 is 1.68 bits per heavy atom. The molecule has 3 rings (SSSR count). The highest BCUT2D eigenvalue weighted by Gasteiger charge is 2.36. The van der Waals surface area contributed by atoms with E-state index in [1.807, 2.05) is 0 Å². The van der Waals surface area contributed by atoms with Crippen molar-refractivity contribution in [3.8, 4) is 0 Å². The van der Waals surface area contributed by atoms with Crippen LogP contribution in [0.4, 0.5) is 4.39 Å². The highest BCUT2D eigenvalue weighted by atomic mass is 19.1. The van der Waals surface area contributed by atoms with Crippen LogP contribution in [0.25, 0.3) is 0 Å². The van der Waals surface area contributed by atoms with E-state index in [0.29, 0.717) is 37.7 Å². The standard InChI is InChI=1S/C19H26FN3O2/c1-21-18(24)17(14-4-2-3-5-14)22-10-12-23(13-11-22)19(25)15-6-8-16(20)9-7-15/h6-9,14,17H,2-5,10-13H2,1H3,(H,21,24). The monoisotopic (exact) mass is 347 g/mol. The third-order valence-electron chi connectivity index (χ3n) is 5.45. The summed E-state index contributed by atoms with van der Waals surface area (Å²) in [6.45, 7) is 2.58. The molecular weight excluding hydrogens is 321 g/mol. The molecule has 1 atom stereocenters. The van der Waals surface area contributed by atoms with Crippen molar-refractivity contribution >= 4 is 11.8 Å². The average molecular weight is 347 g/mol. The molecule has 0 bridgehead atoms. The van der Waals surface area contributed by atoms with E-state index in [4.69, 9.17) is 0 Å². The maximum Gasteiger partial charge on any atom is 0.253 e. The third kappa shape index (κ3) is 4.00. The van der Waals surface area contributed by atoms with Gasteiger partial charge in [0.15, 0.2) is 0 Å². The fourth-order valence-electron chi connectivity index (χ4n) is 4.08. The Balaban J connectivity index is 1.62. The SMILES string of the molecule is CNC(=O)C(C1CCCC1)N1CCN(C(=O)c2ccc(F)cc2)CC1. The molecular formula is C19H26FN3O2. The minimum absolute atomic E-state index is 0.0722. The van der Waals surface area contributed by atoms with Crippen molar-refractivity contribution in [3.63, 3.8) is 0 Å². The second kappa shape index (κ2) is 7.95. The van der Waals surface area contributed by atoms with Crippen LogP contribution in [0.5, 0.6) is 0 Å². The second-order valence-electron chi connectivity index (χ2n) is 6.94. The van der Waals surface area contributed by atoms with Crippen molar-refractivity contribution in [2.45, 2.75) is 31.7 Å². The van der Waals surface area contributed by atoms with Crippen molar-refractivity contribution in [1.29, 1.82) is 0 Å². The Morgan fingerprint density at radius 1 is 1.08 bits per heavy atom. The first-order valence-electron chi connectivity index (χ1n) is 9.10. The summed E-state index contributed by atoms with van der Waals surface area (Å²) in [7, 11) is 1.69. The van der Waals surface area contributed by atoms with Crippen LogP contribution in [0.1, 0.15) is 36.0 Å². The fraction of sp³-hybridized carbons (Fsp3) is 0.579. The molecule has 136 valence electrons. The average Bonchev–Trinajstić information content (AvgIpc) is 3.16. The lowest BCUT2D eigenvalue weighted by Crippen LogP contribution is -2.57. The van der Waals surface area contributed by atoms with E-state index in [2.05, 4.69) is 10.2 Å². The molecule has 0 radical (unpaired) electrons. The lowest BCUT2D eigenvalue weighted by molar-refractivity contribution is -0.128. The quantitative estimate of drug-likeness (QED) is 0.905. The van der Waals surface area contributed by atoms with Crippen LogP contribution in [0, 0.1) is 11.7 Å². The molecule has 2 fully saturated rings. The van der Waals surface area contributed by atoms with Crippen molar-refractivity contribution in [2.75, 3.05) is 33.2 Å². The molecule has 1 saturated carbocycles. The number of nitrogens with zero attached hydrogens (tertiary/aromatic N) is 2. The van der Waals surface area contributed by atoms with Gasteiger partial charge in [-0.3, -0.25) is 14.5 Å². The first-order chi connectivity index (χ1) is 12.1. The highest BCUT2D eigenvalue weighted by molar-refractivity contribution is 5.94. The summed E-state index contributed by atoms with van der Waals surface area (Å²) in [6.07, 6.45) is 4.60. The maximum atomic E-state index is 13.0. The minimum atomic E-state index is -0.341. The number of nitrogens with one attached hydrogen (secondary N) is 1. The van der Waals surface area contributed by atoms with E-state index in [-0.39, 0.29) is 23.7 Å². The van der Waals surface area contributed by atoms with Crippen LogP contribution in [-0.2, 0) is 4.79 Å². The number of rotatable bonds is 4. The molecule has 1 saturated heterocycles. The van der Waals surface area contributed by atoms with Gasteiger partial charge < -0.3 is 10.2 Å². The largest absolute Gasteiger partial charge is 0.358 e. The zero-order chi connectivity index (χ0) is 17.8. The summed E-state index contributed by atoms with van der Waals surface area (Å²) in [6, 6.07) is 5.58. The van der Waals surface area contributed by atoms with Gasteiger partial charge in [-0.1, -0.05) is 12.8 Å². The number of hydrogen-bond donors (Lipinski definition) is 1. The number of amides is 2. The molecule has 1 aromatic carbocycles. The summed E-state index contributed by atoms with van der Waals surface area (Å²) in [5.74, 6) is 0.0906. The lowest BCUT2D eigenvalue weighted by Gasteiger charge is -2.40. The molecule has 5 nitrogen and oxygen atoms in total. The minimum Gasteiger partial charge on any atom is -0.358 e. The van der Waals surface area contributed by atoms with Crippen LogP contribution in [-0.4, -0.2) is 60.9 Å². The molecule has 2 amide bonds. The maximum absolute atomic E-state index is 13.0. The van der Waals surface area contributed by atoms with E-state index in [0.717, 1.165) is 12.8 Å². The van der Waals surface area contributed by atoms with E-state index in [9.17, 15) is 14.0 Å². The number of piperazine rings is 1. The van der Waals surface area contributed by atoms with E-state index in [1.54, 1.807) is 11.9 Å².